The Morgan fingerprint density at radius 2 is 1.86 bits per heavy atom. The van der Waals surface area contributed by atoms with Gasteiger partial charge < -0.3 is 9.88 Å². The molecule has 0 amide bonds. The molecule has 3 rings (SSSR count). The Kier molecular flexibility index (Phi) is 3.68. The Labute approximate surface area is 132 Å². The minimum atomic E-state index is 0.844. The lowest BCUT2D eigenvalue weighted by molar-refractivity contribution is 1.13. The molecule has 4 heteroatoms. The molecule has 2 heterocycles. The predicted octanol–water partition coefficient (Wildman–Crippen LogP) is 3.79. The van der Waals surface area contributed by atoms with Gasteiger partial charge in [-0.3, -0.25) is 0 Å². The molecular weight excluding hydrogens is 326 g/mol. The number of aromatic nitrogens is 2. The third-order valence-corrected chi connectivity index (χ3v) is 3.90. The smallest absolute Gasteiger partial charge is 0.139 e. The maximum absolute atomic E-state index is 4.29. The summed E-state index contributed by atoms with van der Waals surface area (Å²) < 4.78 is 1.02. The molecule has 0 saturated carbocycles. The van der Waals surface area contributed by atoms with Crippen LogP contribution in [0.4, 0.5) is 5.69 Å². The Morgan fingerprint density at radius 1 is 1.10 bits per heavy atom. The van der Waals surface area contributed by atoms with Crippen molar-refractivity contribution in [3.63, 3.8) is 0 Å². The number of halogens is 1. The molecule has 2 aromatic heterocycles. The number of pyridine rings is 1. The largest absolute Gasteiger partial charge is 0.378 e. The number of benzene rings is 1. The van der Waals surface area contributed by atoms with Crippen molar-refractivity contribution in [1.29, 1.82) is 0 Å². The fourth-order valence-corrected chi connectivity index (χ4v) is 2.46. The number of rotatable bonds is 1. The summed E-state index contributed by atoms with van der Waals surface area (Å²) >= 11 is 3.51. The number of hydrogen-bond donors (Lipinski definition) is 1. The second kappa shape index (κ2) is 5.63. The summed E-state index contributed by atoms with van der Waals surface area (Å²) in [6.07, 6.45) is 1.76. The molecule has 0 bridgehead atoms. The van der Waals surface area contributed by atoms with Crippen LogP contribution in [-0.4, -0.2) is 24.1 Å². The van der Waals surface area contributed by atoms with Gasteiger partial charge in [0.1, 0.15) is 5.65 Å². The van der Waals surface area contributed by atoms with Crippen LogP contribution in [0.1, 0.15) is 11.3 Å². The van der Waals surface area contributed by atoms with E-state index in [1.807, 2.05) is 38.4 Å². The summed E-state index contributed by atoms with van der Waals surface area (Å²) in [6.45, 7) is 0. The van der Waals surface area contributed by atoms with Gasteiger partial charge in [0.05, 0.1) is 5.69 Å². The standard InChI is InChI=1S/C17H14BrN3/c1-21(2)14-7-4-12(5-8-14)3-6-13-11-15-16(18)9-10-19-17(15)20-13/h4-5,7-11H,1-2H3,(H,19,20). The average molecular weight is 340 g/mol. The number of fused-ring (bicyclic) bond motifs is 1. The summed E-state index contributed by atoms with van der Waals surface area (Å²) in [6, 6.07) is 12.1. The van der Waals surface area contributed by atoms with E-state index in [1.54, 1.807) is 6.20 Å². The highest BCUT2D eigenvalue weighted by Gasteiger charge is 2.02. The Balaban J connectivity index is 1.90. The first-order valence-corrected chi connectivity index (χ1v) is 7.35. The van der Waals surface area contributed by atoms with E-state index >= 15 is 0 Å². The molecule has 21 heavy (non-hydrogen) atoms. The highest BCUT2D eigenvalue weighted by Crippen LogP contribution is 2.22. The van der Waals surface area contributed by atoms with Crippen LogP contribution in [0, 0.1) is 11.8 Å². The molecule has 1 N–H and O–H groups in total. The van der Waals surface area contributed by atoms with Crippen LogP contribution in [-0.2, 0) is 0 Å². The number of nitrogens with zero attached hydrogens (tertiary/aromatic N) is 2. The van der Waals surface area contributed by atoms with Crippen molar-refractivity contribution in [1.82, 2.24) is 9.97 Å². The van der Waals surface area contributed by atoms with Crippen LogP contribution in [0.5, 0.6) is 0 Å². The first-order chi connectivity index (χ1) is 10.1. The first-order valence-electron chi connectivity index (χ1n) is 6.56. The molecule has 0 aliphatic carbocycles. The maximum atomic E-state index is 4.29. The highest BCUT2D eigenvalue weighted by molar-refractivity contribution is 9.10. The molecule has 104 valence electrons. The summed E-state index contributed by atoms with van der Waals surface area (Å²) in [4.78, 5) is 9.57. The van der Waals surface area contributed by atoms with Crippen LogP contribution in [0.25, 0.3) is 11.0 Å². The first kappa shape index (κ1) is 13.7. The lowest BCUT2D eigenvalue weighted by Crippen LogP contribution is -2.07. The van der Waals surface area contributed by atoms with Gasteiger partial charge in [0.15, 0.2) is 0 Å². The third kappa shape index (κ3) is 2.93. The molecule has 0 unspecified atom stereocenters. The van der Waals surface area contributed by atoms with Gasteiger partial charge in [-0.1, -0.05) is 5.92 Å². The summed E-state index contributed by atoms with van der Waals surface area (Å²) in [5.74, 6) is 6.31. The highest BCUT2D eigenvalue weighted by atomic mass is 79.9. The van der Waals surface area contributed by atoms with Gasteiger partial charge in [0.25, 0.3) is 0 Å². The van der Waals surface area contributed by atoms with E-state index < -0.39 is 0 Å². The van der Waals surface area contributed by atoms with Crippen molar-refractivity contribution in [3.05, 3.63) is 58.3 Å². The van der Waals surface area contributed by atoms with Crippen molar-refractivity contribution in [2.24, 2.45) is 0 Å². The van der Waals surface area contributed by atoms with Crippen LogP contribution < -0.4 is 4.90 Å². The van der Waals surface area contributed by atoms with E-state index in [4.69, 9.17) is 0 Å². The molecule has 0 spiro atoms. The Hall–Kier alpha value is -2.25. The molecule has 1 aromatic carbocycles. The topological polar surface area (TPSA) is 31.9 Å². The van der Waals surface area contributed by atoms with Gasteiger partial charge in [0, 0.05) is 41.4 Å². The molecule has 0 radical (unpaired) electrons. The van der Waals surface area contributed by atoms with Crippen molar-refractivity contribution < 1.29 is 0 Å². The molecule has 0 atom stereocenters. The number of nitrogens with one attached hydrogen (secondary N) is 1. The minimum Gasteiger partial charge on any atom is -0.378 e. The molecule has 0 fully saturated rings. The van der Waals surface area contributed by atoms with Crippen LogP contribution in [0.2, 0.25) is 0 Å². The molecule has 0 saturated heterocycles. The molecule has 3 aromatic rings. The number of aromatic amines is 1. The van der Waals surface area contributed by atoms with Gasteiger partial charge in [-0.25, -0.2) is 4.98 Å². The van der Waals surface area contributed by atoms with Crippen LogP contribution in [0.15, 0.2) is 47.1 Å². The lowest BCUT2D eigenvalue weighted by Gasteiger charge is -2.11. The third-order valence-electron chi connectivity index (χ3n) is 3.20. The fraction of sp³-hybridized carbons (Fsp3) is 0.118. The van der Waals surface area contributed by atoms with Gasteiger partial charge in [0.2, 0.25) is 0 Å². The summed E-state index contributed by atoms with van der Waals surface area (Å²) in [5, 5.41) is 1.05. The second-order valence-electron chi connectivity index (χ2n) is 4.93. The Morgan fingerprint density at radius 3 is 2.52 bits per heavy atom. The van der Waals surface area contributed by atoms with Gasteiger partial charge in [-0.2, -0.15) is 0 Å². The maximum Gasteiger partial charge on any atom is 0.139 e. The van der Waals surface area contributed by atoms with Crippen molar-refractivity contribution in [2.75, 3.05) is 19.0 Å². The van der Waals surface area contributed by atoms with Crippen molar-refractivity contribution in [3.8, 4) is 11.8 Å². The van der Waals surface area contributed by atoms with Crippen molar-refractivity contribution in [2.45, 2.75) is 0 Å². The van der Waals surface area contributed by atoms with Gasteiger partial charge >= 0.3 is 0 Å². The monoisotopic (exact) mass is 339 g/mol. The van der Waals surface area contributed by atoms with E-state index in [1.165, 1.54) is 5.69 Å². The molecule has 3 nitrogen and oxygen atoms in total. The second-order valence-corrected chi connectivity index (χ2v) is 5.78. The lowest BCUT2D eigenvalue weighted by atomic mass is 10.2. The number of hydrogen-bond acceptors (Lipinski definition) is 2. The van der Waals surface area contributed by atoms with Crippen LogP contribution in [0.3, 0.4) is 0 Å². The van der Waals surface area contributed by atoms with Crippen LogP contribution >= 0.6 is 15.9 Å². The van der Waals surface area contributed by atoms with E-state index in [2.05, 4.69) is 54.8 Å². The SMILES string of the molecule is CN(C)c1ccc(C#Cc2cc3c(Br)ccnc3[nH]2)cc1. The summed E-state index contributed by atoms with van der Waals surface area (Å²) in [7, 11) is 4.05. The molecule has 0 aliphatic heterocycles. The zero-order valence-electron chi connectivity index (χ0n) is 11.8. The number of H-pyrrole nitrogens is 1. The average Bonchev–Trinajstić information content (AvgIpc) is 2.90. The quantitative estimate of drug-likeness (QED) is 0.684. The fourth-order valence-electron chi connectivity index (χ4n) is 2.04. The van der Waals surface area contributed by atoms with E-state index in [9.17, 15) is 0 Å². The van der Waals surface area contributed by atoms with E-state index in [-0.39, 0.29) is 0 Å². The minimum absolute atomic E-state index is 0.844. The predicted molar refractivity (Wildman–Crippen MR) is 90.5 cm³/mol. The zero-order chi connectivity index (χ0) is 14.8. The number of anilines is 1. The van der Waals surface area contributed by atoms with E-state index in [0.717, 1.165) is 26.8 Å². The van der Waals surface area contributed by atoms with Crippen molar-refractivity contribution >= 4 is 32.7 Å². The molecule has 0 aliphatic rings. The Bertz CT molecular complexity index is 836. The van der Waals surface area contributed by atoms with Gasteiger partial charge in [-0.05, 0) is 58.2 Å². The summed E-state index contributed by atoms with van der Waals surface area (Å²) in [5.41, 5.74) is 3.86. The zero-order valence-corrected chi connectivity index (χ0v) is 13.4. The normalized spacial score (nSPS) is 10.2. The molecular formula is C17H14BrN3. The van der Waals surface area contributed by atoms with E-state index in [0.29, 0.717) is 0 Å². The van der Waals surface area contributed by atoms with Gasteiger partial charge in [-0.15, -0.1) is 0 Å².